The van der Waals surface area contributed by atoms with Gasteiger partial charge in [0.25, 0.3) is 0 Å². The average molecular weight is 367 g/mol. The molecule has 1 saturated heterocycles. The Morgan fingerprint density at radius 2 is 1.78 bits per heavy atom. The number of nitrogens with zero attached hydrogens (tertiary/aromatic N) is 3. The number of aromatic nitrogens is 1. The van der Waals surface area contributed by atoms with E-state index in [1.807, 2.05) is 24.1 Å². The van der Waals surface area contributed by atoms with Crippen LogP contribution >= 0.6 is 0 Å². The third-order valence-corrected chi connectivity index (χ3v) is 5.17. The molecule has 1 N–H and O–H groups in total. The van der Waals surface area contributed by atoms with Gasteiger partial charge in [0, 0.05) is 63.4 Å². The van der Waals surface area contributed by atoms with Crippen LogP contribution in [-0.4, -0.2) is 49.0 Å². The predicted octanol–water partition coefficient (Wildman–Crippen LogP) is 3.58. The number of nitrogens with one attached hydrogen (secondary N) is 1. The molecule has 1 amide bonds. The highest BCUT2D eigenvalue weighted by molar-refractivity contribution is 5.76. The molecule has 2 aromatic rings. The lowest BCUT2D eigenvalue weighted by molar-refractivity contribution is -0.129. The molecule has 3 rings (SSSR count). The molecule has 1 fully saturated rings. The summed E-state index contributed by atoms with van der Waals surface area (Å²) in [6.45, 7) is 3.70. The summed E-state index contributed by atoms with van der Waals surface area (Å²) in [5.41, 5.74) is 3.58. The zero-order valence-electron chi connectivity index (χ0n) is 16.2. The number of carbonyl (C=O) groups excluding carboxylic acids is 1. The number of amides is 1. The maximum absolute atomic E-state index is 12.3. The van der Waals surface area contributed by atoms with E-state index in [-0.39, 0.29) is 5.91 Å². The van der Waals surface area contributed by atoms with Crippen molar-refractivity contribution in [1.29, 1.82) is 0 Å². The zero-order valence-corrected chi connectivity index (χ0v) is 16.2. The Morgan fingerprint density at radius 1 is 1.07 bits per heavy atom. The van der Waals surface area contributed by atoms with Gasteiger partial charge in [-0.05, 0) is 67.6 Å². The van der Waals surface area contributed by atoms with E-state index in [0.717, 1.165) is 31.7 Å². The smallest absolute Gasteiger partial charge is 0.224 e. The SMILES string of the molecule is CN(CCc1ccncc1)C(=O)CCNc1ccc(N2CCCCC2)cc1. The summed E-state index contributed by atoms with van der Waals surface area (Å²) in [5, 5.41) is 3.36. The molecule has 5 heteroatoms. The molecule has 0 unspecified atom stereocenters. The van der Waals surface area contributed by atoms with Crippen molar-refractivity contribution in [3.63, 3.8) is 0 Å². The summed E-state index contributed by atoms with van der Waals surface area (Å²) in [6.07, 6.45) is 8.86. The minimum atomic E-state index is 0.168. The predicted molar refractivity (Wildman–Crippen MR) is 111 cm³/mol. The average Bonchev–Trinajstić information content (AvgIpc) is 2.74. The Balaban J connectivity index is 1.37. The van der Waals surface area contributed by atoms with Crippen molar-refractivity contribution in [3.05, 3.63) is 54.4 Å². The van der Waals surface area contributed by atoms with Crippen LogP contribution in [0, 0.1) is 0 Å². The van der Waals surface area contributed by atoms with Gasteiger partial charge in [-0.25, -0.2) is 0 Å². The molecular weight excluding hydrogens is 336 g/mol. The van der Waals surface area contributed by atoms with Crippen molar-refractivity contribution in [2.24, 2.45) is 0 Å². The van der Waals surface area contributed by atoms with E-state index < -0.39 is 0 Å². The topological polar surface area (TPSA) is 48.5 Å². The fourth-order valence-corrected chi connectivity index (χ4v) is 3.42. The summed E-state index contributed by atoms with van der Waals surface area (Å²) in [6, 6.07) is 12.6. The molecule has 1 aliphatic rings. The van der Waals surface area contributed by atoms with Crippen LogP contribution in [0.4, 0.5) is 11.4 Å². The Labute approximate surface area is 162 Å². The van der Waals surface area contributed by atoms with E-state index in [9.17, 15) is 4.79 Å². The van der Waals surface area contributed by atoms with E-state index in [1.54, 1.807) is 12.4 Å². The highest BCUT2D eigenvalue weighted by atomic mass is 16.2. The summed E-state index contributed by atoms with van der Waals surface area (Å²) in [4.78, 5) is 20.6. The lowest BCUT2D eigenvalue weighted by Crippen LogP contribution is -2.30. The second kappa shape index (κ2) is 9.95. The molecule has 0 atom stereocenters. The number of anilines is 2. The number of hydrogen-bond donors (Lipinski definition) is 1. The Bertz CT molecular complexity index is 696. The summed E-state index contributed by atoms with van der Waals surface area (Å²) in [5.74, 6) is 0.168. The molecule has 1 aromatic carbocycles. The second-order valence-electron chi connectivity index (χ2n) is 7.19. The van der Waals surface area contributed by atoms with Crippen LogP contribution in [0.3, 0.4) is 0 Å². The number of rotatable bonds is 8. The molecule has 5 nitrogen and oxygen atoms in total. The van der Waals surface area contributed by atoms with Gasteiger partial charge < -0.3 is 15.1 Å². The Morgan fingerprint density at radius 3 is 2.48 bits per heavy atom. The van der Waals surface area contributed by atoms with Crippen LogP contribution in [0.15, 0.2) is 48.8 Å². The number of benzene rings is 1. The summed E-state index contributed by atoms with van der Waals surface area (Å²) in [7, 11) is 1.87. The number of pyridine rings is 1. The van der Waals surface area contributed by atoms with Gasteiger partial charge in [-0.3, -0.25) is 9.78 Å². The molecule has 144 valence electrons. The Kier molecular flexibility index (Phi) is 7.08. The van der Waals surface area contributed by atoms with Gasteiger partial charge >= 0.3 is 0 Å². The van der Waals surface area contributed by atoms with Crippen LogP contribution < -0.4 is 10.2 Å². The van der Waals surface area contributed by atoms with Gasteiger partial charge in [-0.1, -0.05) is 0 Å². The van der Waals surface area contributed by atoms with Crippen LogP contribution in [0.5, 0.6) is 0 Å². The van der Waals surface area contributed by atoms with Gasteiger partial charge in [-0.2, -0.15) is 0 Å². The monoisotopic (exact) mass is 366 g/mol. The summed E-state index contributed by atoms with van der Waals surface area (Å²) >= 11 is 0. The van der Waals surface area contributed by atoms with Crippen LogP contribution in [-0.2, 0) is 11.2 Å². The molecular formula is C22H30N4O. The van der Waals surface area contributed by atoms with Crippen molar-refractivity contribution in [2.75, 3.05) is 43.4 Å². The first kappa shape index (κ1) is 19.2. The van der Waals surface area contributed by atoms with Crippen molar-refractivity contribution >= 4 is 17.3 Å². The van der Waals surface area contributed by atoms with Crippen LogP contribution in [0.1, 0.15) is 31.2 Å². The molecule has 0 spiro atoms. The second-order valence-corrected chi connectivity index (χ2v) is 7.19. The van der Waals surface area contributed by atoms with E-state index in [1.165, 1.54) is 30.5 Å². The highest BCUT2D eigenvalue weighted by Gasteiger charge is 2.11. The summed E-state index contributed by atoms with van der Waals surface area (Å²) < 4.78 is 0. The molecule has 0 saturated carbocycles. The first-order valence-corrected chi connectivity index (χ1v) is 9.94. The standard InChI is InChI=1S/C22H30N4O/c1-25(18-12-19-9-13-23-14-10-19)22(27)11-15-24-20-5-7-21(8-6-20)26-16-3-2-4-17-26/h5-10,13-14,24H,2-4,11-12,15-18H2,1H3. The Hall–Kier alpha value is -2.56. The number of hydrogen-bond acceptors (Lipinski definition) is 4. The minimum absolute atomic E-state index is 0.168. The maximum atomic E-state index is 12.3. The number of carbonyl (C=O) groups is 1. The quantitative estimate of drug-likeness (QED) is 0.776. The van der Waals surface area contributed by atoms with Crippen LogP contribution in [0.2, 0.25) is 0 Å². The highest BCUT2D eigenvalue weighted by Crippen LogP contribution is 2.21. The number of likely N-dealkylation sites (N-methyl/N-ethyl adjacent to an activating group) is 1. The van der Waals surface area contributed by atoms with Crippen molar-refractivity contribution in [2.45, 2.75) is 32.1 Å². The molecule has 1 aromatic heterocycles. The molecule has 0 aliphatic carbocycles. The van der Waals surface area contributed by atoms with Crippen molar-refractivity contribution in [3.8, 4) is 0 Å². The van der Waals surface area contributed by atoms with E-state index in [4.69, 9.17) is 0 Å². The van der Waals surface area contributed by atoms with E-state index in [2.05, 4.69) is 39.5 Å². The van der Waals surface area contributed by atoms with E-state index >= 15 is 0 Å². The van der Waals surface area contributed by atoms with Crippen molar-refractivity contribution in [1.82, 2.24) is 9.88 Å². The van der Waals surface area contributed by atoms with E-state index in [0.29, 0.717) is 13.0 Å². The fourth-order valence-electron chi connectivity index (χ4n) is 3.42. The molecule has 27 heavy (non-hydrogen) atoms. The number of piperidine rings is 1. The molecule has 0 radical (unpaired) electrons. The maximum Gasteiger partial charge on any atom is 0.224 e. The third-order valence-electron chi connectivity index (χ3n) is 5.17. The zero-order chi connectivity index (χ0) is 18.9. The van der Waals surface area contributed by atoms with Gasteiger partial charge in [0.05, 0.1) is 0 Å². The van der Waals surface area contributed by atoms with Gasteiger partial charge in [-0.15, -0.1) is 0 Å². The van der Waals surface area contributed by atoms with Gasteiger partial charge in [0.1, 0.15) is 0 Å². The first-order chi connectivity index (χ1) is 13.2. The normalized spacial score (nSPS) is 14.0. The van der Waals surface area contributed by atoms with Crippen LogP contribution in [0.25, 0.3) is 0 Å². The molecule has 2 heterocycles. The first-order valence-electron chi connectivity index (χ1n) is 9.94. The molecule has 0 bridgehead atoms. The largest absolute Gasteiger partial charge is 0.385 e. The third kappa shape index (κ3) is 5.98. The fraction of sp³-hybridized carbons (Fsp3) is 0.455. The molecule has 1 aliphatic heterocycles. The lowest BCUT2D eigenvalue weighted by atomic mass is 10.1. The van der Waals surface area contributed by atoms with Crippen molar-refractivity contribution < 1.29 is 4.79 Å². The lowest BCUT2D eigenvalue weighted by Gasteiger charge is -2.28. The minimum Gasteiger partial charge on any atom is -0.385 e. The van der Waals surface area contributed by atoms with Gasteiger partial charge in [0.15, 0.2) is 0 Å². The van der Waals surface area contributed by atoms with Gasteiger partial charge in [0.2, 0.25) is 5.91 Å².